The molecule has 1 saturated carbocycles. The predicted octanol–water partition coefficient (Wildman–Crippen LogP) is 3.65. The Bertz CT molecular complexity index is 989. The molecular weight excluding hydrogens is 354 g/mol. The number of oxazole rings is 1. The van der Waals surface area contributed by atoms with Gasteiger partial charge in [-0.3, -0.25) is 9.78 Å². The van der Waals surface area contributed by atoms with Gasteiger partial charge in [0, 0.05) is 36.7 Å². The molecule has 3 aromatic rings. The highest BCUT2D eigenvalue weighted by Crippen LogP contribution is 2.28. The van der Waals surface area contributed by atoms with Gasteiger partial charge in [-0.1, -0.05) is 0 Å². The second-order valence-corrected chi connectivity index (χ2v) is 7.69. The first kappa shape index (κ1) is 18.6. The molecule has 0 aromatic carbocycles. The summed E-state index contributed by atoms with van der Waals surface area (Å²) in [6, 6.07) is 4.38. The van der Waals surface area contributed by atoms with Gasteiger partial charge in [0.2, 0.25) is 5.91 Å². The van der Waals surface area contributed by atoms with E-state index in [0.29, 0.717) is 29.2 Å². The fourth-order valence-electron chi connectivity index (χ4n) is 3.80. The zero-order chi connectivity index (χ0) is 19.7. The Balaban J connectivity index is 1.49. The third-order valence-corrected chi connectivity index (χ3v) is 5.53. The fourth-order valence-corrected chi connectivity index (χ4v) is 3.80. The summed E-state index contributed by atoms with van der Waals surface area (Å²) in [4.78, 5) is 27.8. The molecule has 0 aliphatic heterocycles. The Hall–Kier alpha value is -2.80. The van der Waals surface area contributed by atoms with Crippen LogP contribution in [0.4, 0.5) is 5.82 Å². The van der Waals surface area contributed by atoms with E-state index in [0.717, 1.165) is 36.5 Å². The van der Waals surface area contributed by atoms with Gasteiger partial charge in [0.25, 0.3) is 0 Å². The van der Waals surface area contributed by atoms with Crippen molar-refractivity contribution in [3.8, 4) is 11.5 Å². The number of nitrogens with zero attached hydrogens (tertiary/aromatic N) is 4. The molecule has 28 heavy (non-hydrogen) atoms. The smallest absolute Gasteiger partial charge is 0.228 e. The molecule has 0 saturated heterocycles. The van der Waals surface area contributed by atoms with Gasteiger partial charge in [-0.05, 0) is 57.3 Å². The van der Waals surface area contributed by atoms with Crippen LogP contribution in [0.5, 0.6) is 0 Å². The number of aryl methyl sites for hydroxylation is 1. The van der Waals surface area contributed by atoms with Gasteiger partial charge in [0.1, 0.15) is 11.5 Å². The summed E-state index contributed by atoms with van der Waals surface area (Å²) in [6.45, 7) is 1.80. The van der Waals surface area contributed by atoms with E-state index in [1.54, 1.807) is 25.5 Å². The van der Waals surface area contributed by atoms with E-state index >= 15 is 0 Å². The molecule has 3 heterocycles. The first-order valence-corrected chi connectivity index (χ1v) is 9.65. The normalized spacial score (nSPS) is 19.9. The van der Waals surface area contributed by atoms with E-state index < -0.39 is 0 Å². The van der Waals surface area contributed by atoms with E-state index in [2.05, 4.69) is 39.3 Å². The Labute approximate surface area is 164 Å². The van der Waals surface area contributed by atoms with Crippen molar-refractivity contribution >= 4 is 22.5 Å². The number of carbonyl (C=O) groups excluding carboxylic acids is 1. The Morgan fingerprint density at radius 1 is 1.04 bits per heavy atom. The van der Waals surface area contributed by atoms with Gasteiger partial charge >= 0.3 is 0 Å². The number of anilines is 1. The minimum absolute atomic E-state index is 0.0545. The summed E-state index contributed by atoms with van der Waals surface area (Å²) < 4.78 is 5.56. The molecule has 0 spiro atoms. The maximum Gasteiger partial charge on any atom is 0.228 e. The maximum atomic E-state index is 12.7. The van der Waals surface area contributed by atoms with Gasteiger partial charge in [0.15, 0.2) is 11.7 Å². The van der Waals surface area contributed by atoms with Crippen molar-refractivity contribution < 1.29 is 9.21 Å². The lowest BCUT2D eigenvalue weighted by Gasteiger charge is -2.31. The highest BCUT2D eigenvalue weighted by atomic mass is 16.4. The molecule has 7 heteroatoms. The van der Waals surface area contributed by atoms with E-state index in [1.807, 2.05) is 12.1 Å². The van der Waals surface area contributed by atoms with Crippen molar-refractivity contribution in [3.63, 3.8) is 0 Å². The number of fused-ring (bicyclic) bond motifs is 1. The van der Waals surface area contributed by atoms with Crippen molar-refractivity contribution in [2.24, 2.45) is 5.92 Å². The molecule has 0 radical (unpaired) electrons. The third kappa shape index (κ3) is 3.89. The molecule has 146 valence electrons. The van der Waals surface area contributed by atoms with E-state index in [1.165, 1.54) is 0 Å². The fraction of sp³-hybridized carbons (Fsp3) is 0.429. The molecule has 1 aliphatic rings. The van der Waals surface area contributed by atoms with Gasteiger partial charge in [-0.15, -0.1) is 0 Å². The summed E-state index contributed by atoms with van der Waals surface area (Å²) in [5, 5.41) is 4.84. The minimum atomic E-state index is 0.0545. The van der Waals surface area contributed by atoms with Crippen LogP contribution in [0.15, 0.2) is 35.1 Å². The van der Waals surface area contributed by atoms with E-state index in [9.17, 15) is 4.79 Å². The number of amides is 1. The van der Waals surface area contributed by atoms with Crippen LogP contribution in [0.25, 0.3) is 22.2 Å². The SMILES string of the molecule is Cc1ncc(-c2cc3cc(NC(=O)[C@H]4CC[C@@H](N(C)C)CC4)ncc3cn2)o1. The van der Waals surface area contributed by atoms with Crippen LogP contribution in [-0.2, 0) is 4.79 Å². The Morgan fingerprint density at radius 3 is 2.46 bits per heavy atom. The molecule has 3 aromatic heterocycles. The molecule has 1 amide bonds. The molecule has 1 aliphatic carbocycles. The number of hydrogen-bond donors (Lipinski definition) is 1. The van der Waals surface area contributed by atoms with Crippen LogP contribution >= 0.6 is 0 Å². The summed E-state index contributed by atoms with van der Waals surface area (Å²) in [5.74, 6) is 1.91. The first-order valence-electron chi connectivity index (χ1n) is 9.65. The Morgan fingerprint density at radius 2 is 1.79 bits per heavy atom. The molecule has 0 bridgehead atoms. The summed E-state index contributed by atoms with van der Waals surface area (Å²) in [7, 11) is 4.21. The van der Waals surface area contributed by atoms with E-state index in [4.69, 9.17) is 4.42 Å². The van der Waals surface area contributed by atoms with Crippen molar-refractivity contribution in [1.29, 1.82) is 0 Å². The van der Waals surface area contributed by atoms with Crippen molar-refractivity contribution in [2.75, 3.05) is 19.4 Å². The standard InChI is InChI=1S/C21H25N5O2/c1-13-22-12-19(28-13)18-8-15-9-20(24-11-16(15)10-23-18)25-21(27)14-4-6-17(7-5-14)26(2)3/h8-12,14,17H,4-7H2,1-3H3,(H,24,25,27)/t14-,17+. The van der Waals surface area contributed by atoms with Crippen molar-refractivity contribution in [3.05, 3.63) is 36.6 Å². The lowest BCUT2D eigenvalue weighted by molar-refractivity contribution is -0.121. The number of aromatic nitrogens is 3. The van der Waals surface area contributed by atoms with Crippen LogP contribution in [0, 0.1) is 12.8 Å². The molecule has 4 rings (SSSR count). The zero-order valence-corrected chi connectivity index (χ0v) is 16.5. The highest BCUT2D eigenvalue weighted by molar-refractivity contribution is 5.94. The monoisotopic (exact) mass is 379 g/mol. The highest BCUT2D eigenvalue weighted by Gasteiger charge is 2.27. The minimum Gasteiger partial charge on any atom is -0.439 e. The number of rotatable bonds is 4. The molecule has 1 N–H and O–H groups in total. The van der Waals surface area contributed by atoms with Crippen molar-refractivity contribution in [2.45, 2.75) is 38.6 Å². The van der Waals surface area contributed by atoms with Gasteiger partial charge < -0.3 is 14.6 Å². The third-order valence-electron chi connectivity index (χ3n) is 5.53. The zero-order valence-electron chi connectivity index (χ0n) is 16.5. The molecular formula is C21H25N5O2. The maximum absolute atomic E-state index is 12.7. The van der Waals surface area contributed by atoms with Gasteiger partial charge in [-0.25, -0.2) is 9.97 Å². The number of carbonyl (C=O) groups is 1. The quantitative estimate of drug-likeness (QED) is 0.745. The van der Waals surface area contributed by atoms with Gasteiger partial charge in [0.05, 0.1) is 6.20 Å². The number of pyridine rings is 2. The van der Waals surface area contributed by atoms with Gasteiger partial charge in [-0.2, -0.15) is 0 Å². The summed E-state index contributed by atoms with van der Waals surface area (Å²) in [5.41, 5.74) is 0.707. The van der Waals surface area contributed by atoms with Crippen LogP contribution in [-0.4, -0.2) is 45.9 Å². The lowest BCUT2D eigenvalue weighted by atomic mass is 9.85. The van der Waals surface area contributed by atoms with Crippen LogP contribution in [0.1, 0.15) is 31.6 Å². The predicted molar refractivity (Wildman–Crippen MR) is 108 cm³/mol. The molecule has 1 fully saturated rings. The largest absolute Gasteiger partial charge is 0.439 e. The average Bonchev–Trinajstić information content (AvgIpc) is 3.14. The van der Waals surface area contributed by atoms with Crippen LogP contribution < -0.4 is 5.32 Å². The lowest BCUT2D eigenvalue weighted by Crippen LogP contribution is -2.35. The number of hydrogen-bond acceptors (Lipinski definition) is 6. The summed E-state index contributed by atoms with van der Waals surface area (Å²) >= 11 is 0. The average molecular weight is 379 g/mol. The van der Waals surface area contributed by atoms with Crippen molar-refractivity contribution in [1.82, 2.24) is 19.9 Å². The topological polar surface area (TPSA) is 84.2 Å². The second kappa shape index (κ2) is 7.67. The Kier molecular flexibility index (Phi) is 5.09. The summed E-state index contributed by atoms with van der Waals surface area (Å²) in [6.07, 6.45) is 9.10. The molecule has 0 atom stereocenters. The van der Waals surface area contributed by atoms with E-state index in [-0.39, 0.29) is 11.8 Å². The van der Waals surface area contributed by atoms with Crippen LogP contribution in [0.3, 0.4) is 0 Å². The molecule has 7 nitrogen and oxygen atoms in total. The molecule has 0 unspecified atom stereocenters. The number of nitrogens with one attached hydrogen (secondary N) is 1. The second-order valence-electron chi connectivity index (χ2n) is 7.69. The van der Waals surface area contributed by atoms with Crippen LogP contribution in [0.2, 0.25) is 0 Å². The first-order chi connectivity index (χ1) is 13.5.